The van der Waals surface area contributed by atoms with Gasteiger partial charge in [-0.2, -0.15) is 0 Å². The molecule has 0 aromatic heterocycles. The van der Waals surface area contributed by atoms with Crippen LogP contribution in [0, 0.1) is 0 Å². The van der Waals surface area contributed by atoms with Crippen molar-refractivity contribution in [2.75, 3.05) is 12.4 Å². The second-order valence-electron chi connectivity index (χ2n) is 1.18. The topological polar surface area (TPSA) is 9.23 Å². The minimum absolute atomic E-state index is 0.765. The molecule has 0 heterocycles. The standard InChI is InChI=1S/C6H12OS/c1-3-7-5-6-8-4-2/h5-6H,3-4H2,1-2H3/b6-5+. The van der Waals surface area contributed by atoms with E-state index in [9.17, 15) is 0 Å². The highest BCUT2D eigenvalue weighted by atomic mass is 32.2. The van der Waals surface area contributed by atoms with Crippen LogP contribution in [-0.4, -0.2) is 12.4 Å². The lowest BCUT2D eigenvalue weighted by molar-refractivity contribution is 0.270. The molecule has 0 atom stereocenters. The minimum Gasteiger partial charge on any atom is -0.501 e. The summed E-state index contributed by atoms with van der Waals surface area (Å²) < 4.78 is 4.93. The zero-order chi connectivity index (χ0) is 6.24. The van der Waals surface area contributed by atoms with Crippen LogP contribution in [0.5, 0.6) is 0 Å². The van der Waals surface area contributed by atoms with Gasteiger partial charge in [-0.3, -0.25) is 0 Å². The Kier molecular flexibility index (Phi) is 6.80. The zero-order valence-corrected chi connectivity index (χ0v) is 6.20. The molecule has 2 heteroatoms. The molecule has 0 aliphatic heterocycles. The van der Waals surface area contributed by atoms with Crippen LogP contribution in [0.3, 0.4) is 0 Å². The maximum absolute atomic E-state index is 4.93. The average Bonchev–Trinajstić information content (AvgIpc) is 1.81. The molecule has 0 spiro atoms. The van der Waals surface area contributed by atoms with Gasteiger partial charge in [0.15, 0.2) is 0 Å². The van der Waals surface area contributed by atoms with Crippen LogP contribution in [0.2, 0.25) is 0 Å². The smallest absolute Gasteiger partial charge is 0.0891 e. The maximum atomic E-state index is 4.93. The van der Waals surface area contributed by atoms with E-state index in [4.69, 9.17) is 4.74 Å². The quantitative estimate of drug-likeness (QED) is 0.542. The van der Waals surface area contributed by atoms with Crippen molar-refractivity contribution in [1.29, 1.82) is 0 Å². The van der Waals surface area contributed by atoms with Crippen LogP contribution in [-0.2, 0) is 4.74 Å². The third-order valence-corrected chi connectivity index (χ3v) is 1.22. The van der Waals surface area contributed by atoms with E-state index in [0.29, 0.717) is 0 Å². The highest BCUT2D eigenvalue weighted by Gasteiger charge is 1.70. The maximum Gasteiger partial charge on any atom is 0.0891 e. The van der Waals surface area contributed by atoms with Crippen LogP contribution >= 0.6 is 11.8 Å². The monoisotopic (exact) mass is 132 g/mol. The Hall–Kier alpha value is -0.110. The summed E-state index contributed by atoms with van der Waals surface area (Å²) in [5, 5.41) is 1.96. The highest BCUT2D eigenvalue weighted by Crippen LogP contribution is 1.98. The van der Waals surface area contributed by atoms with Gasteiger partial charge < -0.3 is 4.74 Å². The summed E-state index contributed by atoms with van der Waals surface area (Å²) in [5.41, 5.74) is 0. The molecule has 48 valence electrons. The lowest BCUT2D eigenvalue weighted by Crippen LogP contribution is -1.74. The van der Waals surface area contributed by atoms with Crippen molar-refractivity contribution in [3.05, 3.63) is 11.7 Å². The molecule has 0 saturated heterocycles. The van der Waals surface area contributed by atoms with Gasteiger partial charge in [-0.05, 0) is 12.7 Å². The number of hydrogen-bond acceptors (Lipinski definition) is 2. The highest BCUT2D eigenvalue weighted by molar-refractivity contribution is 8.02. The Balaban J connectivity index is 2.83. The number of hydrogen-bond donors (Lipinski definition) is 0. The third-order valence-electron chi connectivity index (χ3n) is 0.581. The van der Waals surface area contributed by atoms with Crippen molar-refractivity contribution >= 4 is 11.8 Å². The van der Waals surface area contributed by atoms with Crippen LogP contribution in [0.15, 0.2) is 11.7 Å². The van der Waals surface area contributed by atoms with Gasteiger partial charge in [0.25, 0.3) is 0 Å². The van der Waals surface area contributed by atoms with Gasteiger partial charge in [0, 0.05) is 5.41 Å². The first-order valence-electron chi connectivity index (χ1n) is 2.80. The van der Waals surface area contributed by atoms with Crippen LogP contribution in [0.1, 0.15) is 13.8 Å². The second-order valence-corrected chi connectivity index (χ2v) is 2.37. The van der Waals surface area contributed by atoms with Crippen molar-refractivity contribution in [1.82, 2.24) is 0 Å². The molecule has 0 unspecified atom stereocenters. The molecule has 0 aliphatic carbocycles. The van der Waals surface area contributed by atoms with Gasteiger partial charge in [0.1, 0.15) is 0 Å². The predicted octanol–water partition coefficient (Wildman–Crippen LogP) is 2.25. The summed E-state index contributed by atoms with van der Waals surface area (Å²) in [6, 6.07) is 0. The van der Waals surface area contributed by atoms with Crippen LogP contribution in [0.4, 0.5) is 0 Å². The lowest BCUT2D eigenvalue weighted by Gasteiger charge is -1.89. The first-order valence-corrected chi connectivity index (χ1v) is 3.85. The fourth-order valence-electron chi connectivity index (χ4n) is 0.271. The molecule has 0 rings (SSSR count). The summed E-state index contributed by atoms with van der Waals surface area (Å²) >= 11 is 1.74. The van der Waals surface area contributed by atoms with Gasteiger partial charge >= 0.3 is 0 Å². The van der Waals surface area contributed by atoms with E-state index in [0.717, 1.165) is 12.4 Å². The first kappa shape index (κ1) is 7.89. The Morgan fingerprint density at radius 1 is 1.50 bits per heavy atom. The Morgan fingerprint density at radius 3 is 2.75 bits per heavy atom. The summed E-state index contributed by atoms with van der Waals surface area (Å²) in [5.74, 6) is 1.11. The zero-order valence-electron chi connectivity index (χ0n) is 5.39. The Morgan fingerprint density at radius 2 is 2.25 bits per heavy atom. The summed E-state index contributed by atoms with van der Waals surface area (Å²) in [7, 11) is 0. The van der Waals surface area contributed by atoms with Crippen LogP contribution in [0.25, 0.3) is 0 Å². The average molecular weight is 132 g/mol. The largest absolute Gasteiger partial charge is 0.501 e. The molecule has 0 amide bonds. The SMILES string of the molecule is CCO/C=C/SCC. The molecule has 0 aromatic carbocycles. The third kappa shape index (κ3) is 5.89. The molecule has 0 aliphatic rings. The van der Waals surface area contributed by atoms with E-state index in [1.54, 1.807) is 18.0 Å². The van der Waals surface area contributed by atoms with E-state index in [1.807, 2.05) is 12.3 Å². The van der Waals surface area contributed by atoms with Crippen molar-refractivity contribution < 1.29 is 4.74 Å². The molecule has 0 N–H and O–H groups in total. The minimum atomic E-state index is 0.765. The second kappa shape index (κ2) is 6.89. The van der Waals surface area contributed by atoms with Crippen LogP contribution < -0.4 is 0 Å². The van der Waals surface area contributed by atoms with E-state index in [2.05, 4.69) is 6.92 Å². The molecule has 0 bridgehead atoms. The predicted molar refractivity (Wildman–Crippen MR) is 38.9 cm³/mol. The fraction of sp³-hybridized carbons (Fsp3) is 0.667. The van der Waals surface area contributed by atoms with Gasteiger partial charge in [-0.15, -0.1) is 11.8 Å². The molecular weight excluding hydrogens is 120 g/mol. The summed E-state index contributed by atoms with van der Waals surface area (Å²) in [6.45, 7) is 4.85. The van der Waals surface area contributed by atoms with E-state index in [1.165, 1.54) is 0 Å². The van der Waals surface area contributed by atoms with E-state index in [-0.39, 0.29) is 0 Å². The number of rotatable bonds is 4. The van der Waals surface area contributed by atoms with Gasteiger partial charge in [-0.1, -0.05) is 6.92 Å². The van der Waals surface area contributed by atoms with Crippen molar-refractivity contribution in [2.24, 2.45) is 0 Å². The molecule has 0 saturated carbocycles. The molecular formula is C6H12OS. The molecule has 8 heavy (non-hydrogen) atoms. The Bertz CT molecular complexity index is 53.5. The molecule has 1 nitrogen and oxygen atoms in total. The molecule has 0 aromatic rings. The first-order chi connectivity index (χ1) is 3.91. The Labute approximate surface area is 55.1 Å². The summed E-state index contributed by atoms with van der Waals surface area (Å²) in [6.07, 6.45) is 1.73. The molecule has 0 fully saturated rings. The normalized spacial score (nSPS) is 10.2. The van der Waals surface area contributed by atoms with Gasteiger partial charge in [0.05, 0.1) is 12.9 Å². The lowest BCUT2D eigenvalue weighted by atomic mass is 10.9. The fourth-order valence-corrected chi connectivity index (χ4v) is 0.621. The van der Waals surface area contributed by atoms with E-state index < -0.39 is 0 Å². The van der Waals surface area contributed by atoms with Gasteiger partial charge in [-0.25, -0.2) is 0 Å². The van der Waals surface area contributed by atoms with Crippen molar-refractivity contribution in [3.63, 3.8) is 0 Å². The van der Waals surface area contributed by atoms with Crippen molar-refractivity contribution in [2.45, 2.75) is 13.8 Å². The number of ether oxygens (including phenoxy) is 1. The summed E-state index contributed by atoms with van der Waals surface area (Å²) in [4.78, 5) is 0. The van der Waals surface area contributed by atoms with Gasteiger partial charge in [0.2, 0.25) is 0 Å². The van der Waals surface area contributed by atoms with E-state index >= 15 is 0 Å². The number of thioether (sulfide) groups is 1. The van der Waals surface area contributed by atoms with Crippen molar-refractivity contribution in [3.8, 4) is 0 Å². The molecule has 0 radical (unpaired) electrons.